The molecule has 2 aromatic rings. The van der Waals surface area contributed by atoms with Crippen LogP contribution in [-0.2, 0) is 11.8 Å². The van der Waals surface area contributed by atoms with Crippen LogP contribution >= 0.6 is 15.9 Å². The Bertz CT molecular complexity index is 868. The molecule has 3 amide bonds. The zero-order valence-electron chi connectivity index (χ0n) is 13.4. The molecule has 128 valence electrons. The molecule has 1 aliphatic rings. The molecule has 7 nitrogen and oxygen atoms in total. The molecule has 0 atom stereocenters. The van der Waals surface area contributed by atoms with Crippen LogP contribution in [0, 0.1) is 0 Å². The fourth-order valence-electron chi connectivity index (χ4n) is 2.63. The van der Waals surface area contributed by atoms with Gasteiger partial charge in [0.05, 0.1) is 0 Å². The van der Waals surface area contributed by atoms with Crippen LogP contribution in [0.4, 0.5) is 0 Å². The first-order chi connectivity index (χ1) is 11.9. The molecule has 0 bridgehead atoms. The average Bonchev–Trinajstić information content (AvgIpc) is 3.05. The molecule has 8 heteroatoms. The third-order valence-corrected chi connectivity index (χ3v) is 4.29. The summed E-state index contributed by atoms with van der Waals surface area (Å²) in [4.78, 5) is 37.8. The lowest BCUT2D eigenvalue weighted by atomic mass is 10.1. The topological polar surface area (TPSA) is 83.4 Å². The molecule has 0 radical (unpaired) electrons. The molecule has 0 spiro atoms. The van der Waals surface area contributed by atoms with Crippen LogP contribution in [0.1, 0.15) is 26.4 Å². The van der Waals surface area contributed by atoms with E-state index in [1.54, 1.807) is 48.1 Å². The highest BCUT2D eigenvalue weighted by atomic mass is 79.9. The number of halogens is 1. The number of aromatic nitrogens is 1. The van der Waals surface area contributed by atoms with Gasteiger partial charge in [0.1, 0.15) is 12.2 Å². The zero-order chi connectivity index (χ0) is 18.1. The summed E-state index contributed by atoms with van der Waals surface area (Å²) in [5.74, 6) is -1.27. The monoisotopic (exact) mass is 402 g/mol. The van der Waals surface area contributed by atoms with E-state index in [0.29, 0.717) is 22.5 Å². The van der Waals surface area contributed by atoms with Gasteiger partial charge in [0.15, 0.2) is 0 Å². The van der Waals surface area contributed by atoms with Gasteiger partial charge in [0.25, 0.3) is 17.7 Å². The van der Waals surface area contributed by atoms with Gasteiger partial charge in [-0.2, -0.15) is 0 Å². The molecule has 0 fully saturated rings. The Kier molecular flexibility index (Phi) is 4.45. The van der Waals surface area contributed by atoms with E-state index in [1.165, 1.54) is 4.90 Å². The summed E-state index contributed by atoms with van der Waals surface area (Å²) in [7, 11) is 1.71. The third-order valence-electron chi connectivity index (χ3n) is 3.86. The molecular weight excluding hydrogens is 388 g/mol. The second-order valence-electron chi connectivity index (χ2n) is 5.54. The number of rotatable bonds is 3. The number of hydrazine groups is 1. The molecule has 3 rings (SSSR count). The van der Waals surface area contributed by atoms with Crippen LogP contribution in [0.25, 0.3) is 5.70 Å². The Morgan fingerprint density at radius 3 is 2.48 bits per heavy atom. The maximum absolute atomic E-state index is 12.3. The maximum atomic E-state index is 12.3. The molecule has 1 aromatic heterocycles. The molecule has 25 heavy (non-hydrogen) atoms. The number of fused-ring (bicyclic) bond motifs is 1. The smallest absolute Gasteiger partial charge is 0.286 e. The summed E-state index contributed by atoms with van der Waals surface area (Å²) < 4.78 is 2.37. The summed E-state index contributed by atoms with van der Waals surface area (Å²) in [6, 6.07) is 8.66. The van der Waals surface area contributed by atoms with Gasteiger partial charge in [0, 0.05) is 34.5 Å². The zero-order valence-corrected chi connectivity index (χ0v) is 15.0. The Morgan fingerprint density at radius 1 is 1.20 bits per heavy atom. The predicted octanol–water partition coefficient (Wildman–Crippen LogP) is 1.68. The maximum Gasteiger partial charge on any atom is 0.286 e. The summed E-state index contributed by atoms with van der Waals surface area (Å²) >= 11 is 3.28. The summed E-state index contributed by atoms with van der Waals surface area (Å²) in [5, 5.41) is 0. The number of aryl methyl sites for hydroxylation is 1. The standard InChI is InChI=1S/C17H15BrN4O3/c1-10-12-5-3-4-6-13(12)17(25)22(10)9-15(23)19-20-16(24)14-7-11(18)8-21(14)2/h3-8H,1,9H2,2H3,(H,19,23)(H,20,24). The van der Waals surface area contributed by atoms with Crippen molar-refractivity contribution < 1.29 is 14.4 Å². The lowest BCUT2D eigenvalue weighted by Gasteiger charge is -2.17. The van der Waals surface area contributed by atoms with Gasteiger partial charge in [0.2, 0.25) is 0 Å². The van der Waals surface area contributed by atoms with Gasteiger partial charge in [-0.3, -0.25) is 30.1 Å². The Balaban J connectivity index is 1.60. The van der Waals surface area contributed by atoms with Crippen molar-refractivity contribution in [3.05, 3.63) is 64.4 Å². The largest absolute Gasteiger partial charge is 0.345 e. The number of nitrogens with one attached hydrogen (secondary N) is 2. The van der Waals surface area contributed by atoms with Crippen molar-refractivity contribution in [2.75, 3.05) is 6.54 Å². The van der Waals surface area contributed by atoms with Crippen molar-refractivity contribution in [3.8, 4) is 0 Å². The van der Waals surface area contributed by atoms with Gasteiger partial charge in [-0.15, -0.1) is 0 Å². The average molecular weight is 403 g/mol. The number of amides is 3. The number of hydrogen-bond acceptors (Lipinski definition) is 3. The first kappa shape index (κ1) is 17.0. The van der Waals surface area contributed by atoms with Crippen LogP contribution < -0.4 is 10.9 Å². The van der Waals surface area contributed by atoms with E-state index in [1.807, 2.05) is 0 Å². The highest BCUT2D eigenvalue weighted by Crippen LogP contribution is 2.30. The second-order valence-corrected chi connectivity index (χ2v) is 6.46. The highest BCUT2D eigenvalue weighted by molar-refractivity contribution is 9.10. The van der Waals surface area contributed by atoms with Crippen molar-refractivity contribution in [2.24, 2.45) is 7.05 Å². The first-order valence-electron chi connectivity index (χ1n) is 7.39. The minimum absolute atomic E-state index is 0.233. The molecule has 2 N–H and O–H groups in total. The van der Waals surface area contributed by atoms with Crippen LogP contribution in [0.15, 0.2) is 47.6 Å². The van der Waals surface area contributed by atoms with Crippen molar-refractivity contribution in [2.45, 2.75) is 0 Å². The molecule has 2 heterocycles. The fourth-order valence-corrected chi connectivity index (χ4v) is 3.15. The second kappa shape index (κ2) is 6.56. The number of benzene rings is 1. The van der Waals surface area contributed by atoms with E-state index in [-0.39, 0.29) is 12.5 Å². The summed E-state index contributed by atoms with van der Waals surface area (Å²) in [6.45, 7) is 3.63. The molecule has 0 aliphatic carbocycles. The van der Waals surface area contributed by atoms with E-state index in [9.17, 15) is 14.4 Å². The van der Waals surface area contributed by atoms with Crippen LogP contribution in [0.5, 0.6) is 0 Å². The molecular formula is C17H15BrN4O3. The third kappa shape index (κ3) is 3.20. The van der Waals surface area contributed by atoms with Crippen molar-refractivity contribution in [3.63, 3.8) is 0 Å². The van der Waals surface area contributed by atoms with Gasteiger partial charge >= 0.3 is 0 Å². The Labute approximate surface area is 152 Å². The molecule has 0 unspecified atom stereocenters. The quantitative estimate of drug-likeness (QED) is 0.765. The minimum atomic E-state index is -0.524. The SMILES string of the molecule is C=C1c2ccccc2C(=O)N1CC(=O)NNC(=O)c1cc(Br)cn1C. The van der Waals surface area contributed by atoms with Crippen molar-refractivity contribution in [1.29, 1.82) is 0 Å². The minimum Gasteiger partial charge on any atom is -0.345 e. The van der Waals surface area contributed by atoms with E-state index >= 15 is 0 Å². The van der Waals surface area contributed by atoms with Gasteiger partial charge in [-0.25, -0.2) is 0 Å². The predicted molar refractivity (Wildman–Crippen MR) is 95.2 cm³/mol. The fraction of sp³-hybridized carbons (Fsp3) is 0.118. The molecule has 0 saturated carbocycles. The van der Waals surface area contributed by atoms with E-state index in [2.05, 4.69) is 33.4 Å². The van der Waals surface area contributed by atoms with Crippen LogP contribution in [0.3, 0.4) is 0 Å². The summed E-state index contributed by atoms with van der Waals surface area (Å²) in [5.41, 5.74) is 6.70. The highest BCUT2D eigenvalue weighted by Gasteiger charge is 2.31. The summed E-state index contributed by atoms with van der Waals surface area (Å²) in [6.07, 6.45) is 1.72. The van der Waals surface area contributed by atoms with Crippen LogP contribution in [-0.4, -0.2) is 33.7 Å². The van der Waals surface area contributed by atoms with Gasteiger partial charge in [-0.05, 0) is 28.1 Å². The molecule has 1 aromatic carbocycles. The first-order valence-corrected chi connectivity index (χ1v) is 8.19. The van der Waals surface area contributed by atoms with Crippen molar-refractivity contribution in [1.82, 2.24) is 20.3 Å². The lowest BCUT2D eigenvalue weighted by molar-refractivity contribution is -0.122. The number of carbonyl (C=O) groups is 3. The van der Waals surface area contributed by atoms with E-state index in [0.717, 1.165) is 4.47 Å². The normalized spacial score (nSPS) is 13.0. The van der Waals surface area contributed by atoms with Gasteiger partial charge < -0.3 is 4.57 Å². The number of nitrogens with zero attached hydrogens (tertiary/aromatic N) is 2. The van der Waals surface area contributed by atoms with E-state index in [4.69, 9.17) is 0 Å². The molecule has 1 aliphatic heterocycles. The molecule has 0 saturated heterocycles. The van der Waals surface area contributed by atoms with Gasteiger partial charge in [-0.1, -0.05) is 24.8 Å². The Hall–Kier alpha value is -2.87. The number of carbonyl (C=O) groups excluding carboxylic acids is 3. The number of hydrogen-bond donors (Lipinski definition) is 2. The van der Waals surface area contributed by atoms with Crippen LogP contribution in [0.2, 0.25) is 0 Å². The Morgan fingerprint density at radius 2 is 1.88 bits per heavy atom. The lowest BCUT2D eigenvalue weighted by Crippen LogP contribution is -2.46. The van der Waals surface area contributed by atoms with E-state index < -0.39 is 11.8 Å². The van der Waals surface area contributed by atoms with Crippen molar-refractivity contribution >= 4 is 39.3 Å².